The molecule has 0 aliphatic heterocycles. The molecule has 1 aromatic carbocycles. The Bertz CT molecular complexity index is 763. The van der Waals surface area contributed by atoms with E-state index in [-0.39, 0.29) is 16.6 Å². The molecule has 0 radical (unpaired) electrons. The van der Waals surface area contributed by atoms with Crippen molar-refractivity contribution in [1.82, 2.24) is 9.78 Å². The molecular formula is C14H20N4O2S. The molecule has 1 heterocycles. The van der Waals surface area contributed by atoms with Gasteiger partial charge in [0.15, 0.2) is 0 Å². The van der Waals surface area contributed by atoms with Crippen molar-refractivity contribution < 1.29 is 8.42 Å². The van der Waals surface area contributed by atoms with Crippen LogP contribution >= 0.6 is 0 Å². The lowest BCUT2D eigenvalue weighted by molar-refractivity contribution is 0.539. The van der Waals surface area contributed by atoms with Crippen molar-refractivity contribution in [3.05, 3.63) is 35.5 Å². The Morgan fingerprint density at radius 2 is 1.90 bits per heavy atom. The molecule has 3 N–H and O–H groups in total. The number of nitrogen functional groups attached to an aromatic ring is 1. The first-order valence-electron chi connectivity index (χ1n) is 6.66. The normalized spacial score (nSPS) is 11.9. The van der Waals surface area contributed by atoms with Gasteiger partial charge >= 0.3 is 0 Å². The third-order valence-electron chi connectivity index (χ3n) is 3.37. The second-order valence-electron chi connectivity index (χ2n) is 5.29. The molecule has 2 aromatic rings. The molecule has 0 unspecified atom stereocenters. The third kappa shape index (κ3) is 2.87. The lowest BCUT2D eigenvalue weighted by Gasteiger charge is -2.16. The number of nitrogens with one attached hydrogen (secondary N) is 1. The molecule has 7 heteroatoms. The topological polar surface area (TPSA) is 90.0 Å². The van der Waals surface area contributed by atoms with E-state index >= 15 is 0 Å². The van der Waals surface area contributed by atoms with Crippen molar-refractivity contribution in [2.75, 3.05) is 10.5 Å². The lowest BCUT2D eigenvalue weighted by Crippen LogP contribution is -2.19. The average Bonchev–Trinajstić information content (AvgIpc) is 2.81. The van der Waals surface area contributed by atoms with Crippen LogP contribution in [0.25, 0.3) is 0 Å². The Balaban J connectivity index is 2.49. The number of hydrogen-bond donors (Lipinski definition) is 2. The zero-order valence-corrected chi connectivity index (χ0v) is 13.4. The van der Waals surface area contributed by atoms with Crippen LogP contribution in [0.1, 0.15) is 31.0 Å². The number of benzene rings is 1. The van der Waals surface area contributed by atoms with E-state index in [9.17, 15) is 8.42 Å². The fraction of sp³-hybridized carbons (Fsp3) is 0.357. The molecule has 0 saturated heterocycles. The molecule has 0 atom stereocenters. The summed E-state index contributed by atoms with van der Waals surface area (Å²) < 4.78 is 29.4. The second kappa shape index (κ2) is 5.40. The van der Waals surface area contributed by atoms with Crippen LogP contribution in [-0.4, -0.2) is 18.2 Å². The van der Waals surface area contributed by atoms with Crippen LogP contribution in [0.2, 0.25) is 0 Å². The Kier molecular flexibility index (Phi) is 3.95. The van der Waals surface area contributed by atoms with E-state index in [1.807, 2.05) is 26.8 Å². The zero-order valence-electron chi connectivity index (χ0n) is 12.6. The molecule has 0 bridgehead atoms. The van der Waals surface area contributed by atoms with Gasteiger partial charge in [-0.1, -0.05) is 6.07 Å². The smallest absolute Gasteiger partial charge is 0.265 e. The van der Waals surface area contributed by atoms with Gasteiger partial charge < -0.3 is 5.73 Å². The summed E-state index contributed by atoms with van der Waals surface area (Å²) in [5.41, 5.74) is 7.63. The van der Waals surface area contributed by atoms with E-state index in [0.717, 1.165) is 5.56 Å². The van der Waals surface area contributed by atoms with Crippen LogP contribution in [0.3, 0.4) is 0 Å². The van der Waals surface area contributed by atoms with E-state index in [2.05, 4.69) is 9.82 Å². The minimum atomic E-state index is -3.76. The highest BCUT2D eigenvalue weighted by Gasteiger charge is 2.23. The van der Waals surface area contributed by atoms with Gasteiger partial charge in [-0.05, 0) is 44.9 Å². The minimum absolute atomic E-state index is 0.0497. The SMILES string of the molecule is Cc1ccc(N)c(S(=O)(=O)Nc2ccnn2C(C)C)c1C. The number of hydrogen-bond acceptors (Lipinski definition) is 4. The fourth-order valence-corrected chi connectivity index (χ4v) is 3.64. The summed E-state index contributed by atoms with van der Waals surface area (Å²) >= 11 is 0. The number of sulfonamides is 1. The molecule has 6 nitrogen and oxygen atoms in total. The standard InChI is InChI=1S/C14H20N4O2S/c1-9(2)18-13(7-8-16-18)17-21(19,20)14-11(4)10(3)5-6-12(14)15/h5-9,17H,15H2,1-4H3. The Labute approximate surface area is 125 Å². The van der Waals surface area contributed by atoms with Gasteiger partial charge in [0, 0.05) is 12.1 Å². The Morgan fingerprint density at radius 1 is 1.24 bits per heavy atom. The van der Waals surface area contributed by atoms with Gasteiger partial charge in [-0.3, -0.25) is 4.72 Å². The number of nitrogens with zero attached hydrogens (tertiary/aromatic N) is 2. The number of aromatic nitrogens is 2. The highest BCUT2D eigenvalue weighted by Crippen LogP contribution is 2.27. The number of rotatable bonds is 4. The van der Waals surface area contributed by atoms with Crippen molar-refractivity contribution in [3.63, 3.8) is 0 Å². The molecule has 0 aliphatic rings. The van der Waals surface area contributed by atoms with Crippen LogP contribution < -0.4 is 10.5 Å². The van der Waals surface area contributed by atoms with Gasteiger partial charge in [0.25, 0.3) is 10.0 Å². The predicted octanol–water partition coefficient (Wildman–Crippen LogP) is 2.46. The van der Waals surface area contributed by atoms with Gasteiger partial charge in [-0.2, -0.15) is 5.10 Å². The first-order valence-corrected chi connectivity index (χ1v) is 8.14. The van der Waals surface area contributed by atoms with E-state index < -0.39 is 10.0 Å². The summed E-state index contributed by atoms with van der Waals surface area (Å²) in [4.78, 5) is 0.124. The largest absolute Gasteiger partial charge is 0.398 e. The maximum atomic E-state index is 12.6. The molecule has 0 fully saturated rings. The quantitative estimate of drug-likeness (QED) is 0.849. The first kappa shape index (κ1) is 15.4. The molecule has 0 saturated carbocycles. The molecule has 0 aliphatic carbocycles. The highest BCUT2D eigenvalue weighted by molar-refractivity contribution is 7.93. The average molecular weight is 308 g/mol. The van der Waals surface area contributed by atoms with Gasteiger partial charge in [0.2, 0.25) is 0 Å². The summed E-state index contributed by atoms with van der Waals surface area (Å²) in [6.07, 6.45) is 1.56. The van der Waals surface area contributed by atoms with Crippen molar-refractivity contribution in [3.8, 4) is 0 Å². The molecule has 0 amide bonds. The maximum Gasteiger partial charge on any atom is 0.265 e. The van der Waals surface area contributed by atoms with E-state index in [4.69, 9.17) is 5.73 Å². The zero-order chi connectivity index (χ0) is 15.8. The van der Waals surface area contributed by atoms with E-state index in [1.165, 1.54) is 0 Å². The molecule has 0 spiro atoms. The van der Waals surface area contributed by atoms with Gasteiger partial charge in [0.1, 0.15) is 10.7 Å². The van der Waals surface area contributed by atoms with Crippen LogP contribution in [0.5, 0.6) is 0 Å². The van der Waals surface area contributed by atoms with Gasteiger partial charge in [-0.15, -0.1) is 0 Å². The van der Waals surface area contributed by atoms with E-state index in [0.29, 0.717) is 11.4 Å². The Hall–Kier alpha value is -2.02. The number of nitrogens with two attached hydrogens (primary N) is 1. The van der Waals surface area contributed by atoms with Crippen molar-refractivity contribution >= 4 is 21.5 Å². The van der Waals surface area contributed by atoms with Crippen molar-refractivity contribution in [2.45, 2.75) is 38.6 Å². The minimum Gasteiger partial charge on any atom is -0.398 e. The second-order valence-corrected chi connectivity index (χ2v) is 6.91. The molecular weight excluding hydrogens is 288 g/mol. The van der Waals surface area contributed by atoms with Gasteiger partial charge in [0.05, 0.1) is 11.9 Å². The Morgan fingerprint density at radius 3 is 2.52 bits per heavy atom. The van der Waals surface area contributed by atoms with Crippen molar-refractivity contribution in [2.24, 2.45) is 0 Å². The molecule has 21 heavy (non-hydrogen) atoms. The number of anilines is 2. The summed E-state index contributed by atoms with van der Waals surface area (Å²) in [7, 11) is -3.76. The summed E-state index contributed by atoms with van der Waals surface area (Å²) in [5.74, 6) is 0.422. The van der Waals surface area contributed by atoms with Crippen LogP contribution in [-0.2, 0) is 10.0 Å². The molecule has 2 rings (SSSR count). The summed E-state index contributed by atoms with van der Waals surface area (Å²) in [5, 5.41) is 4.11. The van der Waals surface area contributed by atoms with Crippen molar-refractivity contribution in [1.29, 1.82) is 0 Å². The van der Waals surface area contributed by atoms with Crippen LogP contribution in [0, 0.1) is 13.8 Å². The fourth-order valence-electron chi connectivity index (χ4n) is 2.16. The van der Waals surface area contributed by atoms with E-state index in [1.54, 1.807) is 29.9 Å². The van der Waals surface area contributed by atoms with Gasteiger partial charge in [-0.25, -0.2) is 13.1 Å². The van der Waals surface area contributed by atoms with Crippen LogP contribution in [0.15, 0.2) is 29.3 Å². The maximum absolute atomic E-state index is 12.6. The number of aryl methyl sites for hydroxylation is 1. The summed E-state index contributed by atoms with van der Waals surface area (Å²) in [6, 6.07) is 5.09. The highest BCUT2D eigenvalue weighted by atomic mass is 32.2. The first-order chi connectivity index (χ1) is 9.74. The predicted molar refractivity (Wildman–Crippen MR) is 83.7 cm³/mol. The third-order valence-corrected chi connectivity index (χ3v) is 4.93. The van der Waals surface area contributed by atoms with Crippen LogP contribution in [0.4, 0.5) is 11.5 Å². The summed E-state index contributed by atoms with van der Waals surface area (Å²) in [6.45, 7) is 7.46. The molecule has 114 valence electrons. The lowest BCUT2D eigenvalue weighted by atomic mass is 10.1. The monoisotopic (exact) mass is 308 g/mol. The molecule has 1 aromatic heterocycles.